The van der Waals surface area contributed by atoms with Crippen LogP contribution in [0.4, 0.5) is 0 Å². The van der Waals surface area contributed by atoms with Gasteiger partial charge in [-0.15, -0.1) is 5.10 Å². The lowest BCUT2D eigenvalue weighted by Gasteiger charge is -2.14. The van der Waals surface area contributed by atoms with E-state index < -0.39 is 0 Å². The van der Waals surface area contributed by atoms with Gasteiger partial charge in [0.15, 0.2) is 5.82 Å². The van der Waals surface area contributed by atoms with Crippen molar-refractivity contribution < 1.29 is 4.74 Å². The van der Waals surface area contributed by atoms with Crippen molar-refractivity contribution >= 4 is 0 Å². The van der Waals surface area contributed by atoms with Gasteiger partial charge in [0.25, 0.3) is 0 Å². The van der Waals surface area contributed by atoms with E-state index in [4.69, 9.17) is 4.74 Å². The fraction of sp³-hybridized carbons (Fsp3) is 0.263. The molecule has 5 heteroatoms. The molecule has 1 heterocycles. The Morgan fingerprint density at radius 2 is 1.71 bits per heavy atom. The van der Waals surface area contributed by atoms with Gasteiger partial charge in [-0.2, -0.15) is 0 Å². The zero-order valence-corrected chi connectivity index (χ0v) is 14.3. The van der Waals surface area contributed by atoms with Crippen LogP contribution in [0.3, 0.4) is 0 Å². The molecule has 2 aromatic carbocycles. The maximum Gasteiger partial charge on any atom is 0.181 e. The highest BCUT2D eigenvalue weighted by molar-refractivity contribution is 5.55. The van der Waals surface area contributed by atoms with Gasteiger partial charge in [0.1, 0.15) is 23.9 Å². The number of rotatable bonds is 6. The molecule has 0 radical (unpaired) electrons. The van der Waals surface area contributed by atoms with E-state index in [-0.39, 0.29) is 0 Å². The van der Waals surface area contributed by atoms with Gasteiger partial charge in [0.05, 0.1) is 0 Å². The fourth-order valence-corrected chi connectivity index (χ4v) is 2.42. The highest BCUT2D eigenvalue weighted by Crippen LogP contribution is 2.25. The summed E-state index contributed by atoms with van der Waals surface area (Å²) in [4.78, 5) is 6.69. The van der Waals surface area contributed by atoms with Gasteiger partial charge in [0, 0.05) is 12.1 Å². The zero-order chi connectivity index (χ0) is 16.9. The maximum atomic E-state index is 5.94. The Morgan fingerprint density at radius 1 is 1.00 bits per heavy atom. The van der Waals surface area contributed by atoms with E-state index in [1.54, 1.807) is 0 Å². The van der Waals surface area contributed by atoms with Crippen LogP contribution in [0.1, 0.15) is 5.82 Å². The van der Waals surface area contributed by atoms with Crippen molar-refractivity contribution in [3.63, 3.8) is 0 Å². The largest absolute Gasteiger partial charge is 0.490 e. The van der Waals surface area contributed by atoms with E-state index in [1.807, 2.05) is 80.3 Å². The molecule has 124 valence electrons. The van der Waals surface area contributed by atoms with Crippen LogP contribution in [0.25, 0.3) is 17.1 Å². The van der Waals surface area contributed by atoms with Crippen LogP contribution < -0.4 is 4.74 Å². The number of nitrogens with zero attached hydrogens (tertiary/aromatic N) is 4. The average Bonchev–Trinajstić information content (AvgIpc) is 2.97. The van der Waals surface area contributed by atoms with Crippen molar-refractivity contribution in [1.29, 1.82) is 0 Å². The first-order chi connectivity index (χ1) is 11.6. The van der Waals surface area contributed by atoms with Crippen molar-refractivity contribution in [1.82, 2.24) is 19.7 Å². The quantitative estimate of drug-likeness (QED) is 0.699. The summed E-state index contributed by atoms with van der Waals surface area (Å²) in [7, 11) is 4.06. The van der Waals surface area contributed by atoms with Crippen LogP contribution in [0.2, 0.25) is 0 Å². The van der Waals surface area contributed by atoms with E-state index in [2.05, 4.69) is 15.0 Å². The molecule has 0 aliphatic carbocycles. The highest BCUT2D eigenvalue weighted by atomic mass is 16.5. The van der Waals surface area contributed by atoms with Crippen molar-refractivity contribution in [2.75, 3.05) is 27.2 Å². The molecule has 0 aliphatic heterocycles. The number of benzene rings is 2. The molecule has 0 spiro atoms. The molecule has 0 bridgehead atoms. The lowest BCUT2D eigenvalue weighted by Crippen LogP contribution is -2.20. The number of ether oxygens (including phenoxy) is 1. The topological polar surface area (TPSA) is 43.2 Å². The van der Waals surface area contributed by atoms with Gasteiger partial charge < -0.3 is 9.64 Å². The lowest BCUT2D eigenvalue weighted by atomic mass is 10.2. The Bertz CT molecular complexity index is 796. The van der Waals surface area contributed by atoms with Gasteiger partial charge in [-0.25, -0.2) is 9.67 Å². The summed E-state index contributed by atoms with van der Waals surface area (Å²) in [5, 5.41) is 4.67. The lowest BCUT2D eigenvalue weighted by molar-refractivity contribution is 0.260. The highest BCUT2D eigenvalue weighted by Gasteiger charge is 2.13. The van der Waals surface area contributed by atoms with Crippen molar-refractivity contribution in [3.8, 4) is 22.8 Å². The molecule has 0 N–H and O–H groups in total. The minimum atomic E-state index is 0.628. The monoisotopic (exact) mass is 322 g/mol. The van der Waals surface area contributed by atoms with Crippen LogP contribution in [-0.4, -0.2) is 46.9 Å². The predicted octanol–water partition coefficient (Wildman–Crippen LogP) is 3.18. The molecule has 3 rings (SSSR count). The number of aromatic nitrogens is 3. The first kappa shape index (κ1) is 16.2. The van der Waals surface area contributed by atoms with Gasteiger partial charge in [-0.1, -0.05) is 42.5 Å². The summed E-state index contributed by atoms with van der Waals surface area (Å²) in [6.07, 6.45) is 0. The van der Waals surface area contributed by atoms with Gasteiger partial charge in [-0.3, -0.25) is 0 Å². The minimum Gasteiger partial charge on any atom is -0.490 e. The Kier molecular flexibility index (Phi) is 4.91. The maximum absolute atomic E-state index is 5.94. The summed E-state index contributed by atoms with van der Waals surface area (Å²) in [6, 6.07) is 17.9. The third-order valence-electron chi connectivity index (χ3n) is 3.69. The molecule has 24 heavy (non-hydrogen) atoms. The number of hydrogen-bond acceptors (Lipinski definition) is 4. The Hall–Kier alpha value is -2.66. The summed E-state index contributed by atoms with van der Waals surface area (Å²) in [5.41, 5.74) is 1.91. The predicted molar refractivity (Wildman–Crippen MR) is 95.6 cm³/mol. The molecule has 0 atom stereocenters. The number of likely N-dealkylation sites (N-methyl/N-ethyl adjacent to an activating group) is 1. The van der Waals surface area contributed by atoms with Gasteiger partial charge in [0.2, 0.25) is 0 Å². The fourth-order valence-electron chi connectivity index (χ4n) is 2.42. The smallest absolute Gasteiger partial charge is 0.181 e. The molecule has 0 unspecified atom stereocenters. The SMILES string of the molecule is Cc1nc(-c2ccccc2)nn1-c1ccccc1OCCN(C)C. The van der Waals surface area contributed by atoms with Crippen LogP contribution in [0, 0.1) is 6.92 Å². The third kappa shape index (κ3) is 3.63. The molecule has 0 saturated carbocycles. The second-order valence-corrected chi connectivity index (χ2v) is 5.88. The van der Waals surface area contributed by atoms with Crippen LogP contribution in [-0.2, 0) is 0 Å². The summed E-state index contributed by atoms with van der Waals surface area (Å²) in [6.45, 7) is 3.44. The first-order valence-electron chi connectivity index (χ1n) is 8.01. The average molecular weight is 322 g/mol. The first-order valence-corrected chi connectivity index (χ1v) is 8.01. The molecule has 3 aromatic rings. The molecule has 0 aliphatic rings. The normalized spacial score (nSPS) is 11.0. The van der Waals surface area contributed by atoms with Gasteiger partial charge >= 0.3 is 0 Å². The van der Waals surface area contributed by atoms with Crippen LogP contribution in [0.5, 0.6) is 5.75 Å². The second-order valence-electron chi connectivity index (χ2n) is 5.88. The summed E-state index contributed by atoms with van der Waals surface area (Å²) in [5.74, 6) is 2.36. The number of aryl methyl sites for hydroxylation is 1. The minimum absolute atomic E-state index is 0.628. The Labute approximate surface area is 142 Å². The number of hydrogen-bond donors (Lipinski definition) is 0. The number of para-hydroxylation sites is 2. The zero-order valence-electron chi connectivity index (χ0n) is 14.3. The Balaban J connectivity index is 1.91. The van der Waals surface area contributed by atoms with Crippen molar-refractivity contribution in [2.24, 2.45) is 0 Å². The third-order valence-corrected chi connectivity index (χ3v) is 3.69. The molecular weight excluding hydrogens is 300 g/mol. The molecular formula is C19H22N4O. The Morgan fingerprint density at radius 3 is 2.46 bits per heavy atom. The van der Waals surface area contributed by atoms with E-state index in [1.165, 1.54) is 0 Å². The molecule has 0 fully saturated rings. The summed E-state index contributed by atoms with van der Waals surface area (Å²) < 4.78 is 7.78. The van der Waals surface area contributed by atoms with Crippen molar-refractivity contribution in [3.05, 3.63) is 60.4 Å². The summed E-state index contributed by atoms with van der Waals surface area (Å²) >= 11 is 0. The van der Waals surface area contributed by atoms with Crippen LogP contribution >= 0.6 is 0 Å². The van der Waals surface area contributed by atoms with Crippen molar-refractivity contribution in [2.45, 2.75) is 6.92 Å². The van der Waals surface area contributed by atoms with Crippen LogP contribution in [0.15, 0.2) is 54.6 Å². The molecule has 1 aromatic heterocycles. The standard InChI is InChI=1S/C19H22N4O/c1-15-20-19(16-9-5-4-6-10-16)21-23(15)17-11-7-8-12-18(17)24-14-13-22(2)3/h4-12H,13-14H2,1-3H3. The molecule has 5 nitrogen and oxygen atoms in total. The van der Waals surface area contributed by atoms with E-state index in [0.717, 1.165) is 35.2 Å². The van der Waals surface area contributed by atoms with E-state index >= 15 is 0 Å². The van der Waals surface area contributed by atoms with Gasteiger partial charge in [-0.05, 0) is 33.2 Å². The molecule has 0 amide bonds. The second kappa shape index (κ2) is 7.27. The van der Waals surface area contributed by atoms with E-state index in [9.17, 15) is 0 Å². The molecule has 0 saturated heterocycles. The van der Waals surface area contributed by atoms with E-state index in [0.29, 0.717) is 6.61 Å².